The van der Waals surface area contributed by atoms with Gasteiger partial charge in [0.25, 0.3) is 0 Å². The van der Waals surface area contributed by atoms with Crippen LogP contribution < -0.4 is 5.32 Å². The Balaban J connectivity index is 2.00. The third-order valence-corrected chi connectivity index (χ3v) is 6.21. The maximum atomic E-state index is 6.10. The van der Waals surface area contributed by atoms with Gasteiger partial charge in [-0.3, -0.25) is 0 Å². The molecule has 2 aromatic heterocycles. The highest BCUT2D eigenvalue weighted by molar-refractivity contribution is 7.98. The summed E-state index contributed by atoms with van der Waals surface area (Å²) in [6, 6.07) is 0. The van der Waals surface area contributed by atoms with E-state index < -0.39 is 0 Å². The number of rotatable bonds is 7. The van der Waals surface area contributed by atoms with Gasteiger partial charge in [0, 0.05) is 31.6 Å². The molecule has 1 N–H and O–H groups in total. The Morgan fingerprint density at radius 2 is 2.25 bits per heavy atom. The summed E-state index contributed by atoms with van der Waals surface area (Å²) in [4.78, 5) is 11.8. The third-order valence-electron chi connectivity index (χ3n) is 4.56. The molecular formula is C17H25N3O2S2. The van der Waals surface area contributed by atoms with Crippen LogP contribution in [0.15, 0.2) is 5.16 Å². The number of aromatic nitrogens is 2. The highest BCUT2D eigenvalue weighted by atomic mass is 32.2. The van der Waals surface area contributed by atoms with Crippen molar-refractivity contribution < 1.29 is 9.47 Å². The van der Waals surface area contributed by atoms with E-state index in [1.54, 1.807) is 30.2 Å². The molecule has 1 unspecified atom stereocenters. The Hall–Kier alpha value is -0.890. The summed E-state index contributed by atoms with van der Waals surface area (Å²) in [5, 5.41) is 5.50. The molecule has 0 bridgehead atoms. The number of hydrogen-bond donors (Lipinski definition) is 1. The van der Waals surface area contributed by atoms with Gasteiger partial charge in [0.2, 0.25) is 0 Å². The normalized spacial score (nSPS) is 20.3. The van der Waals surface area contributed by atoms with Crippen LogP contribution in [0.3, 0.4) is 0 Å². The zero-order chi connectivity index (χ0) is 17.2. The Bertz CT molecular complexity index is 719. The van der Waals surface area contributed by atoms with Crippen molar-refractivity contribution in [3.8, 4) is 0 Å². The molecule has 0 aromatic carbocycles. The van der Waals surface area contributed by atoms with Crippen molar-refractivity contribution >= 4 is 39.1 Å². The Morgan fingerprint density at radius 3 is 2.96 bits per heavy atom. The molecule has 0 amide bonds. The molecule has 1 aliphatic rings. The first-order valence-corrected chi connectivity index (χ1v) is 10.4. The molecule has 5 nitrogen and oxygen atoms in total. The van der Waals surface area contributed by atoms with Crippen LogP contribution in [-0.2, 0) is 22.5 Å². The molecule has 0 saturated carbocycles. The molecule has 0 fully saturated rings. The van der Waals surface area contributed by atoms with Gasteiger partial charge in [-0.05, 0) is 31.6 Å². The SMILES string of the molecule is CCC1(C)Cc2c(sc3nc(SC)nc(NCCCOC)c23)CO1. The van der Waals surface area contributed by atoms with Gasteiger partial charge < -0.3 is 14.8 Å². The first kappa shape index (κ1) is 17.9. The Labute approximate surface area is 151 Å². The number of thioether (sulfide) groups is 1. The first-order chi connectivity index (χ1) is 11.6. The Morgan fingerprint density at radius 1 is 1.42 bits per heavy atom. The number of methoxy groups -OCH3 is 1. The molecule has 3 heterocycles. The second kappa shape index (κ2) is 7.56. The van der Waals surface area contributed by atoms with Gasteiger partial charge >= 0.3 is 0 Å². The van der Waals surface area contributed by atoms with E-state index in [9.17, 15) is 0 Å². The second-order valence-electron chi connectivity index (χ2n) is 6.28. The van der Waals surface area contributed by atoms with Crippen molar-refractivity contribution in [2.24, 2.45) is 0 Å². The molecule has 2 aromatic rings. The maximum Gasteiger partial charge on any atom is 0.190 e. The molecule has 7 heteroatoms. The molecule has 132 valence electrons. The lowest BCUT2D eigenvalue weighted by Gasteiger charge is -2.33. The number of nitrogens with one attached hydrogen (secondary N) is 1. The topological polar surface area (TPSA) is 56.3 Å². The van der Waals surface area contributed by atoms with E-state index >= 15 is 0 Å². The van der Waals surface area contributed by atoms with Crippen molar-refractivity contribution in [1.29, 1.82) is 0 Å². The van der Waals surface area contributed by atoms with Crippen LogP contribution in [0.4, 0.5) is 5.82 Å². The molecule has 3 rings (SSSR count). The van der Waals surface area contributed by atoms with Gasteiger partial charge in [-0.15, -0.1) is 11.3 Å². The Kier molecular flexibility index (Phi) is 5.64. The van der Waals surface area contributed by atoms with Gasteiger partial charge in [-0.2, -0.15) is 0 Å². The van der Waals surface area contributed by atoms with Crippen LogP contribution in [0.5, 0.6) is 0 Å². The summed E-state index contributed by atoms with van der Waals surface area (Å²) in [6.07, 6.45) is 4.90. The zero-order valence-electron chi connectivity index (χ0n) is 14.8. The van der Waals surface area contributed by atoms with Gasteiger partial charge in [0.05, 0.1) is 17.6 Å². The molecule has 24 heavy (non-hydrogen) atoms. The zero-order valence-corrected chi connectivity index (χ0v) is 16.4. The quantitative estimate of drug-likeness (QED) is 0.452. The van der Waals surface area contributed by atoms with E-state index in [4.69, 9.17) is 19.4 Å². The lowest BCUT2D eigenvalue weighted by molar-refractivity contribution is -0.0542. The highest BCUT2D eigenvalue weighted by Crippen LogP contribution is 2.42. The number of anilines is 1. The van der Waals surface area contributed by atoms with E-state index in [-0.39, 0.29) is 5.60 Å². The highest BCUT2D eigenvalue weighted by Gasteiger charge is 2.33. The molecule has 0 aliphatic carbocycles. The maximum absolute atomic E-state index is 6.10. The number of ether oxygens (including phenoxy) is 2. The van der Waals surface area contributed by atoms with Crippen LogP contribution in [0.1, 0.15) is 37.1 Å². The fourth-order valence-corrected chi connectivity index (χ4v) is 4.45. The predicted octanol–water partition coefficient (Wildman–Crippen LogP) is 4.10. The number of nitrogens with zero attached hydrogens (tertiary/aromatic N) is 2. The van der Waals surface area contributed by atoms with E-state index in [0.717, 1.165) is 48.2 Å². The summed E-state index contributed by atoms with van der Waals surface area (Å²) in [5.74, 6) is 0.957. The van der Waals surface area contributed by atoms with Crippen LogP contribution in [0.2, 0.25) is 0 Å². The summed E-state index contributed by atoms with van der Waals surface area (Å²) in [5.41, 5.74) is 1.28. The fourth-order valence-electron chi connectivity index (χ4n) is 2.92. The molecule has 1 aliphatic heterocycles. The summed E-state index contributed by atoms with van der Waals surface area (Å²) >= 11 is 3.32. The minimum Gasteiger partial charge on any atom is -0.385 e. The van der Waals surface area contributed by atoms with Gasteiger partial charge in [0.1, 0.15) is 10.6 Å². The van der Waals surface area contributed by atoms with Crippen molar-refractivity contribution in [2.45, 2.75) is 50.5 Å². The van der Waals surface area contributed by atoms with Gasteiger partial charge in [-0.25, -0.2) is 9.97 Å². The van der Waals surface area contributed by atoms with E-state index in [1.165, 1.54) is 15.8 Å². The largest absolute Gasteiger partial charge is 0.385 e. The van der Waals surface area contributed by atoms with Crippen molar-refractivity contribution in [1.82, 2.24) is 9.97 Å². The van der Waals surface area contributed by atoms with E-state index in [0.29, 0.717) is 6.61 Å². The monoisotopic (exact) mass is 367 g/mol. The third kappa shape index (κ3) is 3.54. The summed E-state index contributed by atoms with van der Waals surface area (Å²) in [6.45, 7) is 6.66. The van der Waals surface area contributed by atoms with Crippen molar-refractivity contribution in [3.05, 3.63) is 10.4 Å². The van der Waals surface area contributed by atoms with Crippen LogP contribution in [0, 0.1) is 0 Å². The van der Waals surface area contributed by atoms with Crippen LogP contribution in [-0.4, -0.2) is 42.1 Å². The first-order valence-electron chi connectivity index (χ1n) is 8.33. The number of thiophene rings is 1. The fraction of sp³-hybridized carbons (Fsp3) is 0.647. The standard InChI is InChI=1S/C17H25N3O2S2/c1-5-17(2)9-11-12(10-22-17)24-15-13(11)14(18-7-6-8-21-3)19-16(20-15)23-4/h5-10H2,1-4H3,(H,18,19,20). The number of fused-ring (bicyclic) bond motifs is 3. The van der Waals surface area contributed by atoms with E-state index in [2.05, 4.69) is 19.2 Å². The second-order valence-corrected chi connectivity index (χ2v) is 8.14. The van der Waals surface area contributed by atoms with E-state index in [1.807, 2.05) is 6.26 Å². The van der Waals surface area contributed by atoms with Crippen LogP contribution >= 0.6 is 23.1 Å². The minimum atomic E-state index is -0.0908. The lowest BCUT2D eigenvalue weighted by Crippen LogP contribution is -2.34. The summed E-state index contributed by atoms with van der Waals surface area (Å²) in [7, 11) is 1.73. The molecule has 0 radical (unpaired) electrons. The molecule has 0 saturated heterocycles. The van der Waals surface area contributed by atoms with Crippen LogP contribution in [0.25, 0.3) is 10.2 Å². The predicted molar refractivity (Wildman–Crippen MR) is 101 cm³/mol. The van der Waals surface area contributed by atoms with Crippen molar-refractivity contribution in [2.75, 3.05) is 31.8 Å². The van der Waals surface area contributed by atoms with Gasteiger partial charge in [-0.1, -0.05) is 18.7 Å². The average Bonchev–Trinajstić information content (AvgIpc) is 2.96. The smallest absolute Gasteiger partial charge is 0.190 e. The number of hydrogen-bond acceptors (Lipinski definition) is 7. The molecular weight excluding hydrogens is 342 g/mol. The summed E-state index contributed by atoms with van der Waals surface area (Å²) < 4.78 is 11.2. The average molecular weight is 368 g/mol. The molecule has 1 atom stereocenters. The minimum absolute atomic E-state index is 0.0908. The lowest BCUT2D eigenvalue weighted by atomic mass is 9.90. The molecule has 0 spiro atoms. The van der Waals surface area contributed by atoms with Crippen molar-refractivity contribution in [3.63, 3.8) is 0 Å². The van der Waals surface area contributed by atoms with Gasteiger partial charge in [0.15, 0.2) is 5.16 Å².